The summed E-state index contributed by atoms with van der Waals surface area (Å²) in [6.07, 6.45) is -0.195. The molecule has 5 nitrogen and oxygen atoms in total. The molecule has 1 aromatic rings. The number of nitrogens with one attached hydrogen (secondary N) is 1. The largest absolute Gasteiger partial charge is 0.374 e. The number of morpholine rings is 1. The highest BCUT2D eigenvalue weighted by molar-refractivity contribution is 7.89. The molecule has 1 unspecified atom stereocenters. The monoisotopic (exact) mass is 322 g/mol. The van der Waals surface area contributed by atoms with Gasteiger partial charge in [-0.05, 0) is 18.2 Å². The molecular weight excluding hydrogens is 307 g/mol. The van der Waals surface area contributed by atoms with Gasteiger partial charge >= 0.3 is 0 Å². The number of hydrogen-bond donors (Lipinski definition) is 1. The van der Waals surface area contributed by atoms with Crippen molar-refractivity contribution in [3.8, 4) is 0 Å². The van der Waals surface area contributed by atoms with Gasteiger partial charge in [0.1, 0.15) is 5.82 Å². The van der Waals surface area contributed by atoms with Crippen LogP contribution in [0.2, 0.25) is 5.02 Å². The Labute approximate surface area is 122 Å². The summed E-state index contributed by atoms with van der Waals surface area (Å²) in [5.41, 5.74) is 0. The van der Waals surface area contributed by atoms with Crippen LogP contribution in [0.4, 0.5) is 4.39 Å². The molecule has 0 bridgehead atoms. The van der Waals surface area contributed by atoms with Gasteiger partial charge in [0.25, 0.3) is 0 Å². The van der Waals surface area contributed by atoms with Gasteiger partial charge in [-0.1, -0.05) is 11.6 Å². The average molecular weight is 323 g/mol. The summed E-state index contributed by atoms with van der Waals surface area (Å²) in [5, 5.41) is 2.92. The van der Waals surface area contributed by atoms with Crippen molar-refractivity contribution in [3.05, 3.63) is 29.0 Å². The molecule has 0 aromatic heterocycles. The zero-order valence-electron chi connectivity index (χ0n) is 11.0. The molecule has 1 aromatic carbocycles. The molecule has 112 valence electrons. The first-order valence-corrected chi connectivity index (χ1v) is 7.97. The van der Waals surface area contributed by atoms with E-state index in [0.29, 0.717) is 13.2 Å². The van der Waals surface area contributed by atoms with Crippen LogP contribution in [-0.4, -0.2) is 52.1 Å². The zero-order chi connectivity index (χ0) is 14.8. The van der Waals surface area contributed by atoms with Gasteiger partial charge in [0, 0.05) is 26.7 Å². The van der Waals surface area contributed by atoms with Crippen LogP contribution in [-0.2, 0) is 14.8 Å². The lowest BCUT2D eigenvalue weighted by atomic mass is 10.3. The fraction of sp³-hybridized carbons (Fsp3) is 0.500. The van der Waals surface area contributed by atoms with Crippen molar-refractivity contribution in [3.63, 3.8) is 0 Å². The Hall–Kier alpha value is -0.730. The summed E-state index contributed by atoms with van der Waals surface area (Å²) in [6, 6.07) is 3.36. The smallest absolute Gasteiger partial charge is 0.242 e. The van der Waals surface area contributed by atoms with Gasteiger partial charge in [-0.15, -0.1) is 0 Å². The van der Waals surface area contributed by atoms with Gasteiger partial charge in [0.15, 0.2) is 0 Å². The normalized spacial score (nSPS) is 20.3. The Morgan fingerprint density at radius 3 is 2.90 bits per heavy atom. The van der Waals surface area contributed by atoms with Crippen LogP contribution in [0.25, 0.3) is 0 Å². The maximum atomic E-state index is 13.1. The summed E-state index contributed by atoms with van der Waals surface area (Å²) >= 11 is 5.62. The number of hydrogen-bond acceptors (Lipinski definition) is 4. The summed E-state index contributed by atoms with van der Waals surface area (Å²) in [4.78, 5) is -0.0323. The van der Waals surface area contributed by atoms with E-state index in [1.54, 1.807) is 0 Å². The SMILES string of the molecule is CN(CC1CNCCO1)S(=O)(=O)c1ccc(F)c(Cl)c1. The average Bonchev–Trinajstić information content (AvgIpc) is 2.42. The third kappa shape index (κ3) is 3.48. The molecule has 1 N–H and O–H groups in total. The molecule has 20 heavy (non-hydrogen) atoms. The van der Waals surface area contributed by atoms with E-state index < -0.39 is 15.8 Å². The fourth-order valence-corrected chi connectivity index (χ4v) is 3.41. The molecule has 0 saturated carbocycles. The number of benzene rings is 1. The molecule has 1 heterocycles. The van der Waals surface area contributed by atoms with Crippen LogP contribution in [0.15, 0.2) is 23.1 Å². The molecule has 0 spiro atoms. The van der Waals surface area contributed by atoms with Crippen LogP contribution in [0.5, 0.6) is 0 Å². The molecule has 0 aliphatic carbocycles. The fourth-order valence-electron chi connectivity index (χ4n) is 1.94. The Kier molecular flexibility index (Phi) is 4.98. The highest BCUT2D eigenvalue weighted by Crippen LogP contribution is 2.22. The van der Waals surface area contributed by atoms with E-state index in [1.807, 2.05) is 0 Å². The van der Waals surface area contributed by atoms with E-state index in [-0.39, 0.29) is 22.6 Å². The van der Waals surface area contributed by atoms with Crippen LogP contribution < -0.4 is 5.32 Å². The lowest BCUT2D eigenvalue weighted by Crippen LogP contribution is -2.45. The van der Waals surface area contributed by atoms with E-state index in [1.165, 1.54) is 17.4 Å². The number of halogens is 2. The first kappa shape index (κ1) is 15.7. The first-order chi connectivity index (χ1) is 9.41. The maximum Gasteiger partial charge on any atom is 0.242 e. The van der Waals surface area contributed by atoms with Crippen molar-refractivity contribution in [2.75, 3.05) is 33.3 Å². The van der Waals surface area contributed by atoms with Crippen LogP contribution in [0.3, 0.4) is 0 Å². The molecule has 1 fully saturated rings. The number of rotatable bonds is 4. The highest BCUT2D eigenvalue weighted by Gasteiger charge is 2.25. The van der Waals surface area contributed by atoms with Gasteiger partial charge in [0.05, 0.1) is 22.6 Å². The van der Waals surface area contributed by atoms with E-state index in [9.17, 15) is 12.8 Å². The Bertz CT molecular complexity index is 576. The van der Waals surface area contributed by atoms with Gasteiger partial charge in [0.2, 0.25) is 10.0 Å². The summed E-state index contributed by atoms with van der Waals surface area (Å²) in [7, 11) is -2.24. The lowest BCUT2D eigenvalue weighted by Gasteiger charge is -2.27. The quantitative estimate of drug-likeness (QED) is 0.901. The Morgan fingerprint density at radius 2 is 2.30 bits per heavy atom. The number of sulfonamides is 1. The lowest BCUT2D eigenvalue weighted by molar-refractivity contribution is 0.0206. The van der Waals surface area contributed by atoms with Crippen molar-refractivity contribution in [2.45, 2.75) is 11.0 Å². The Balaban J connectivity index is 2.13. The maximum absolute atomic E-state index is 13.1. The number of nitrogens with zero attached hydrogens (tertiary/aromatic N) is 1. The second kappa shape index (κ2) is 6.36. The minimum absolute atomic E-state index is 0.0323. The van der Waals surface area contributed by atoms with Crippen LogP contribution in [0.1, 0.15) is 0 Å². The molecule has 1 atom stereocenters. The molecule has 1 aliphatic rings. The van der Waals surface area contributed by atoms with Crippen LogP contribution in [0, 0.1) is 5.82 Å². The molecule has 0 radical (unpaired) electrons. The van der Waals surface area contributed by atoms with Gasteiger partial charge < -0.3 is 10.1 Å². The second-order valence-electron chi connectivity index (χ2n) is 4.56. The van der Waals surface area contributed by atoms with Crippen molar-refractivity contribution in [1.29, 1.82) is 0 Å². The molecule has 1 saturated heterocycles. The third-order valence-electron chi connectivity index (χ3n) is 3.06. The molecule has 1 aliphatic heterocycles. The first-order valence-electron chi connectivity index (χ1n) is 6.15. The summed E-state index contributed by atoms with van der Waals surface area (Å²) in [6.45, 7) is 2.15. The van der Waals surface area contributed by atoms with Gasteiger partial charge in [-0.2, -0.15) is 4.31 Å². The van der Waals surface area contributed by atoms with E-state index in [0.717, 1.165) is 18.7 Å². The predicted molar refractivity (Wildman–Crippen MR) is 73.8 cm³/mol. The standard InChI is InChI=1S/C12H16ClFN2O3S/c1-16(8-9-7-15-4-5-19-9)20(17,18)10-2-3-12(14)11(13)6-10/h2-3,6,9,15H,4-5,7-8H2,1H3. The van der Waals surface area contributed by atoms with Crippen molar-refractivity contribution < 1.29 is 17.5 Å². The molecule has 2 rings (SSSR count). The van der Waals surface area contributed by atoms with E-state index in [4.69, 9.17) is 16.3 Å². The predicted octanol–water partition coefficient (Wildman–Crippen LogP) is 1.09. The summed E-state index contributed by atoms with van der Waals surface area (Å²) in [5.74, 6) is -0.645. The topological polar surface area (TPSA) is 58.6 Å². The van der Waals surface area contributed by atoms with Crippen molar-refractivity contribution in [2.24, 2.45) is 0 Å². The zero-order valence-corrected chi connectivity index (χ0v) is 12.5. The van der Waals surface area contributed by atoms with Crippen molar-refractivity contribution in [1.82, 2.24) is 9.62 Å². The number of likely N-dealkylation sites (N-methyl/N-ethyl adjacent to an activating group) is 1. The number of ether oxygens (including phenoxy) is 1. The highest BCUT2D eigenvalue weighted by atomic mass is 35.5. The minimum atomic E-state index is -3.70. The minimum Gasteiger partial charge on any atom is -0.374 e. The molecular formula is C12H16ClFN2O3S. The second-order valence-corrected chi connectivity index (χ2v) is 7.01. The third-order valence-corrected chi connectivity index (χ3v) is 5.17. The molecule has 0 amide bonds. The van der Waals surface area contributed by atoms with E-state index in [2.05, 4.69) is 5.32 Å². The van der Waals surface area contributed by atoms with Crippen LogP contribution >= 0.6 is 11.6 Å². The van der Waals surface area contributed by atoms with Gasteiger partial charge in [-0.3, -0.25) is 0 Å². The van der Waals surface area contributed by atoms with E-state index >= 15 is 0 Å². The van der Waals surface area contributed by atoms with Gasteiger partial charge in [-0.25, -0.2) is 12.8 Å². The molecule has 8 heteroatoms. The summed E-state index contributed by atoms with van der Waals surface area (Å²) < 4.78 is 44.4. The Morgan fingerprint density at radius 1 is 1.55 bits per heavy atom. The van der Waals surface area contributed by atoms with Crippen molar-refractivity contribution >= 4 is 21.6 Å².